The number of rotatable bonds is 3. The zero-order valence-corrected chi connectivity index (χ0v) is 18.0. The van der Waals surface area contributed by atoms with Crippen LogP contribution in [0.2, 0.25) is 0 Å². The van der Waals surface area contributed by atoms with E-state index in [4.69, 9.17) is 4.98 Å². The number of hydrogen-bond acceptors (Lipinski definition) is 6. The van der Waals surface area contributed by atoms with Gasteiger partial charge in [0.1, 0.15) is 17.7 Å². The molecule has 152 valence electrons. The van der Waals surface area contributed by atoms with E-state index in [0.717, 1.165) is 36.8 Å². The molecule has 4 heterocycles. The highest BCUT2D eigenvalue weighted by Crippen LogP contribution is 2.47. The molecule has 28 heavy (non-hydrogen) atoms. The van der Waals surface area contributed by atoms with E-state index in [1.807, 2.05) is 22.8 Å². The third-order valence-electron chi connectivity index (χ3n) is 6.02. The van der Waals surface area contributed by atoms with E-state index >= 15 is 0 Å². The van der Waals surface area contributed by atoms with E-state index in [1.54, 1.807) is 11.8 Å². The Morgan fingerprint density at radius 1 is 1.25 bits per heavy atom. The molecule has 3 aliphatic heterocycles. The zero-order chi connectivity index (χ0) is 20.1. The number of thioether (sulfide) groups is 1. The molecule has 0 radical (unpaired) electrons. The number of carbonyl (C=O) groups is 2. The first kappa shape index (κ1) is 19.5. The largest absolute Gasteiger partial charge is 0.353 e. The Hall–Kier alpha value is -1.83. The van der Waals surface area contributed by atoms with Crippen molar-refractivity contribution in [1.82, 2.24) is 19.8 Å². The van der Waals surface area contributed by atoms with Crippen LogP contribution in [-0.2, 0) is 9.59 Å². The van der Waals surface area contributed by atoms with Crippen molar-refractivity contribution in [3.63, 3.8) is 0 Å². The first-order valence-corrected chi connectivity index (χ1v) is 11.1. The Morgan fingerprint density at radius 2 is 1.96 bits per heavy atom. The first-order chi connectivity index (χ1) is 13.3. The van der Waals surface area contributed by atoms with E-state index in [2.05, 4.69) is 30.7 Å². The lowest BCUT2D eigenvalue weighted by Crippen LogP contribution is -2.56. The number of amides is 2. The lowest BCUT2D eigenvalue weighted by molar-refractivity contribution is -0.143. The molecule has 3 saturated heterocycles. The molecule has 1 aromatic heterocycles. The summed E-state index contributed by atoms with van der Waals surface area (Å²) in [4.78, 5) is 40.6. The number of anilines is 1. The minimum absolute atomic E-state index is 0.105. The van der Waals surface area contributed by atoms with Crippen molar-refractivity contribution in [2.24, 2.45) is 0 Å². The van der Waals surface area contributed by atoms with E-state index < -0.39 is 0 Å². The fourth-order valence-electron chi connectivity index (χ4n) is 4.36. The molecule has 2 amide bonds. The third kappa shape index (κ3) is 3.36. The summed E-state index contributed by atoms with van der Waals surface area (Å²) >= 11 is 1.75. The van der Waals surface area contributed by atoms with Crippen LogP contribution >= 0.6 is 11.8 Å². The van der Waals surface area contributed by atoms with Gasteiger partial charge in [-0.25, -0.2) is 9.97 Å². The topological polar surface area (TPSA) is 69.6 Å². The second-order valence-electron chi connectivity index (χ2n) is 8.46. The number of fused-ring (bicyclic) bond motifs is 1. The van der Waals surface area contributed by atoms with Crippen molar-refractivity contribution < 1.29 is 9.59 Å². The van der Waals surface area contributed by atoms with Gasteiger partial charge >= 0.3 is 0 Å². The van der Waals surface area contributed by atoms with E-state index in [1.165, 1.54) is 0 Å². The number of piperazine rings is 1. The smallest absolute Gasteiger partial charge is 0.246 e. The van der Waals surface area contributed by atoms with Crippen LogP contribution < -0.4 is 4.90 Å². The fourth-order valence-corrected chi connectivity index (χ4v) is 5.79. The Morgan fingerprint density at radius 3 is 2.64 bits per heavy atom. The van der Waals surface area contributed by atoms with Gasteiger partial charge in [-0.15, -0.1) is 11.8 Å². The molecule has 0 aliphatic carbocycles. The van der Waals surface area contributed by atoms with Crippen LogP contribution in [0.25, 0.3) is 0 Å². The highest BCUT2D eigenvalue weighted by Gasteiger charge is 2.53. The predicted molar refractivity (Wildman–Crippen MR) is 110 cm³/mol. The molecule has 7 nitrogen and oxygen atoms in total. The number of aryl methyl sites for hydroxylation is 1. The van der Waals surface area contributed by atoms with Gasteiger partial charge in [0.2, 0.25) is 11.8 Å². The van der Waals surface area contributed by atoms with Crippen LogP contribution in [-0.4, -0.2) is 74.4 Å². The normalized spacial score (nSPS) is 27.7. The Balaban J connectivity index is 1.42. The number of nitrogens with zero attached hydrogens (tertiary/aromatic N) is 5. The van der Waals surface area contributed by atoms with E-state index in [-0.39, 0.29) is 28.6 Å². The summed E-state index contributed by atoms with van der Waals surface area (Å²) in [5.74, 6) is 3.04. The number of aromatic nitrogens is 2. The van der Waals surface area contributed by atoms with Crippen molar-refractivity contribution in [2.45, 2.75) is 57.4 Å². The summed E-state index contributed by atoms with van der Waals surface area (Å²) in [7, 11) is 0. The van der Waals surface area contributed by atoms with Crippen LogP contribution in [0.4, 0.5) is 5.82 Å². The summed E-state index contributed by atoms with van der Waals surface area (Å²) < 4.78 is 0. The molecule has 0 bridgehead atoms. The van der Waals surface area contributed by atoms with Crippen molar-refractivity contribution in [2.75, 3.05) is 36.8 Å². The molecule has 0 aromatic carbocycles. The summed E-state index contributed by atoms with van der Waals surface area (Å²) in [5, 5.41) is 0. The minimum Gasteiger partial charge on any atom is -0.353 e. The van der Waals surface area contributed by atoms with E-state index in [0.29, 0.717) is 25.3 Å². The van der Waals surface area contributed by atoms with Gasteiger partial charge in [0.05, 0.1) is 4.87 Å². The fraction of sp³-hybridized carbons (Fsp3) is 0.700. The quantitative estimate of drug-likeness (QED) is 0.769. The Bertz CT molecular complexity index is 793. The SMILES string of the molecule is Cc1cc(N2CCN(C(=O)[C@H]3CS[C@]4(C)CCC(=O)N34)CC2)nc(C(C)C)n1. The average molecular weight is 404 g/mol. The standard InChI is InChI=1S/C20H29N5O2S/c1-13(2)18-21-14(3)11-16(22-18)23-7-9-24(10-8-23)19(27)15-12-28-20(4)6-5-17(26)25(15)20/h11,13,15H,5-10,12H2,1-4H3/t15-,20-/m1/s1. The number of hydrogen-bond donors (Lipinski definition) is 0. The Labute approximate surface area is 170 Å². The molecule has 0 unspecified atom stereocenters. The molecular formula is C20H29N5O2S. The molecule has 8 heteroatoms. The maximum Gasteiger partial charge on any atom is 0.246 e. The maximum absolute atomic E-state index is 13.1. The molecule has 0 spiro atoms. The second kappa shape index (κ2) is 7.21. The molecule has 3 fully saturated rings. The molecule has 0 saturated carbocycles. The Kier molecular flexibility index (Phi) is 5.02. The van der Waals surface area contributed by atoms with Gasteiger partial charge in [-0.05, 0) is 20.3 Å². The van der Waals surface area contributed by atoms with Crippen molar-refractivity contribution in [1.29, 1.82) is 0 Å². The van der Waals surface area contributed by atoms with Crippen molar-refractivity contribution in [3.05, 3.63) is 17.6 Å². The molecule has 1 aromatic rings. The number of carbonyl (C=O) groups excluding carboxylic acids is 2. The molecule has 0 N–H and O–H groups in total. The van der Waals surface area contributed by atoms with Crippen molar-refractivity contribution >= 4 is 29.4 Å². The maximum atomic E-state index is 13.1. The third-order valence-corrected chi connectivity index (χ3v) is 7.52. The van der Waals surface area contributed by atoms with E-state index in [9.17, 15) is 9.59 Å². The van der Waals surface area contributed by atoms with Crippen LogP contribution in [0.15, 0.2) is 6.07 Å². The summed E-state index contributed by atoms with van der Waals surface area (Å²) in [6.07, 6.45) is 1.41. The molecule has 3 aliphatic rings. The lowest BCUT2D eigenvalue weighted by Gasteiger charge is -2.38. The van der Waals surface area contributed by atoms with Gasteiger partial charge < -0.3 is 14.7 Å². The highest BCUT2D eigenvalue weighted by molar-refractivity contribution is 8.01. The first-order valence-electron chi connectivity index (χ1n) is 10.1. The minimum atomic E-state index is -0.301. The van der Waals surface area contributed by atoms with Crippen LogP contribution in [0, 0.1) is 6.92 Å². The predicted octanol–water partition coefficient (Wildman–Crippen LogP) is 2.01. The van der Waals surface area contributed by atoms with Crippen LogP contribution in [0.5, 0.6) is 0 Å². The second-order valence-corrected chi connectivity index (χ2v) is 9.96. The van der Waals surface area contributed by atoms with Gasteiger partial charge in [0.25, 0.3) is 0 Å². The summed E-state index contributed by atoms with van der Waals surface area (Å²) in [6.45, 7) is 11.1. The monoisotopic (exact) mass is 403 g/mol. The van der Waals surface area contributed by atoms with Crippen LogP contribution in [0.1, 0.15) is 51.0 Å². The van der Waals surface area contributed by atoms with Gasteiger partial charge in [-0.1, -0.05) is 13.8 Å². The molecule has 4 rings (SSSR count). The lowest BCUT2D eigenvalue weighted by atomic mass is 10.2. The molecule has 2 atom stereocenters. The van der Waals surface area contributed by atoms with Gasteiger partial charge in [-0.3, -0.25) is 9.59 Å². The van der Waals surface area contributed by atoms with Gasteiger partial charge in [0, 0.05) is 56.0 Å². The summed E-state index contributed by atoms with van der Waals surface area (Å²) in [6, 6.07) is 1.72. The average Bonchev–Trinajstić information content (AvgIpc) is 3.17. The van der Waals surface area contributed by atoms with Gasteiger partial charge in [0.15, 0.2) is 0 Å². The van der Waals surface area contributed by atoms with Crippen LogP contribution in [0.3, 0.4) is 0 Å². The van der Waals surface area contributed by atoms with Crippen molar-refractivity contribution in [3.8, 4) is 0 Å². The van der Waals surface area contributed by atoms with Gasteiger partial charge in [-0.2, -0.15) is 0 Å². The zero-order valence-electron chi connectivity index (χ0n) is 17.1. The summed E-state index contributed by atoms with van der Waals surface area (Å²) in [5.41, 5.74) is 0.974. The highest BCUT2D eigenvalue weighted by atomic mass is 32.2. The molecular weight excluding hydrogens is 374 g/mol.